The molecule has 0 fully saturated rings. The Kier molecular flexibility index (Phi) is 5.12. The topological polar surface area (TPSA) is 0 Å². The van der Waals surface area contributed by atoms with Crippen LogP contribution in [-0.2, 0) is 0 Å². The van der Waals surface area contributed by atoms with Gasteiger partial charge in [0.25, 0.3) is 0 Å². The smallest absolute Gasteiger partial charge is 0.0368 e. The van der Waals surface area contributed by atoms with Crippen molar-refractivity contribution in [2.45, 2.75) is 33.6 Å². The minimum absolute atomic E-state index is 0.630. The van der Waals surface area contributed by atoms with E-state index in [4.69, 9.17) is 6.42 Å². The van der Waals surface area contributed by atoms with Crippen LogP contribution in [0.4, 0.5) is 0 Å². The van der Waals surface area contributed by atoms with Gasteiger partial charge in [0.2, 0.25) is 0 Å². The maximum Gasteiger partial charge on any atom is 0.0368 e. The van der Waals surface area contributed by atoms with Crippen LogP contribution in [0.1, 0.15) is 33.6 Å². The zero-order valence-electron chi connectivity index (χ0n) is 7.22. The van der Waals surface area contributed by atoms with Crippen LogP contribution in [0.2, 0.25) is 0 Å². The summed E-state index contributed by atoms with van der Waals surface area (Å²) in [6, 6.07) is 0. The molecular weight excluding hydrogens is 120 g/mol. The highest BCUT2D eigenvalue weighted by atomic mass is 14.1. The molecule has 0 aromatic rings. The lowest BCUT2D eigenvalue weighted by molar-refractivity contribution is 0.452. The summed E-state index contributed by atoms with van der Waals surface area (Å²) in [7, 11) is 0. The second-order valence-electron chi connectivity index (χ2n) is 3.13. The summed E-state index contributed by atoms with van der Waals surface area (Å²) in [6.07, 6.45) is 9.54. The summed E-state index contributed by atoms with van der Waals surface area (Å²) < 4.78 is 0. The van der Waals surface area contributed by atoms with Crippen molar-refractivity contribution >= 4 is 0 Å². The van der Waals surface area contributed by atoms with E-state index >= 15 is 0 Å². The molecule has 0 spiro atoms. The number of terminal acetylenes is 1. The first-order valence-corrected chi connectivity index (χ1v) is 4.00. The van der Waals surface area contributed by atoms with E-state index in [1.165, 1.54) is 12.8 Å². The van der Waals surface area contributed by atoms with Crippen molar-refractivity contribution in [3.8, 4) is 12.3 Å². The summed E-state index contributed by atoms with van der Waals surface area (Å²) >= 11 is 0. The Morgan fingerprint density at radius 2 is 2.10 bits per heavy atom. The summed E-state index contributed by atoms with van der Waals surface area (Å²) in [4.78, 5) is 0. The van der Waals surface area contributed by atoms with E-state index < -0.39 is 0 Å². The Morgan fingerprint density at radius 3 is 2.40 bits per heavy atom. The van der Waals surface area contributed by atoms with Gasteiger partial charge in [-0.1, -0.05) is 27.2 Å². The zero-order valence-corrected chi connectivity index (χ0v) is 7.22. The van der Waals surface area contributed by atoms with Crippen LogP contribution in [0.15, 0.2) is 0 Å². The van der Waals surface area contributed by atoms with Gasteiger partial charge >= 0.3 is 0 Å². The fraction of sp³-hybridized carbons (Fsp3) is 0.700. The van der Waals surface area contributed by atoms with Crippen molar-refractivity contribution in [3.63, 3.8) is 0 Å². The monoisotopic (exact) mass is 137 g/mol. The minimum Gasteiger partial charge on any atom is -0.120 e. The molecule has 0 aliphatic carbocycles. The van der Waals surface area contributed by atoms with Crippen molar-refractivity contribution in [3.05, 3.63) is 6.42 Å². The van der Waals surface area contributed by atoms with E-state index in [0.717, 1.165) is 5.92 Å². The zero-order chi connectivity index (χ0) is 7.98. The number of rotatable bonds is 4. The van der Waals surface area contributed by atoms with Gasteiger partial charge < -0.3 is 0 Å². The molecule has 0 bridgehead atoms. The van der Waals surface area contributed by atoms with Gasteiger partial charge in [0.15, 0.2) is 0 Å². The molecule has 0 heterocycles. The predicted octanol–water partition coefficient (Wildman–Crippen LogP) is 2.90. The summed E-state index contributed by atoms with van der Waals surface area (Å²) in [5.41, 5.74) is 0. The van der Waals surface area contributed by atoms with Crippen molar-refractivity contribution in [1.82, 2.24) is 0 Å². The number of hydrogen-bond donors (Lipinski definition) is 0. The van der Waals surface area contributed by atoms with Gasteiger partial charge in [-0.2, -0.15) is 0 Å². The Bertz CT molecular complexity index is 106. The summed E-state index contributed by atoms with van der Waals surface area (Å²) in [5.74, 6) is 3.99. The third-order valence-corrected chi connectivity index (χ3v) is 1.63. The van der Waals surface area contributed by atoms with Crippen molar-refractivity contribution in [1.29, 1.82) is 0 Å². The molecule has 0 saturated heterocycles. The van der Waals surface area contributed by atoms with E-state index in [2.05, 4.69) is 26.7 Å². The molecule has 0 aromatic carbocycles. The fourth-order valence-electron chi connectivity index (χ4n) is 1.09. The third-order valence-electron chi connectivity index (χ3n) is 1.63. The van der Waals surface area contributed by atoms with Gasteiger partial charge in [-0.3, -0.25) is 0 Å². The molecule has 0 aliphatic rings. The van der Waals surface area contributed by atoms with E-state index in [9.17, 15) is 0 Å². The van der Waals surface area contributed by atoms with Gasteiger partial charge in [-0.05, 0) is 18.3 Å². The van der Waals surface area contributed by atoms with E-state index in [1.54, 1.807) is 0 Å². The largest absolute Gasteiger partial charge is 0.120 e. The van der Waals surface area contributed by atoms with Crippen LogP contribution >= 0.6 is 0 Å². The van der Waals surface area contributed by atoms with Crippen LogP contribution in [-0.4, -0.2) is 0 Å². The first-order chi connectivity index (χ1) is 4.70. The fourth-order valence-corrected chi connectivity index (χ4v) is 1.09. The van der Waals surface area contributed by atoms with Crippen LogP contribution in [0.3, 0.4) is 0 Å². The Morgan fingerprint density at radius 1 is 1.50 bits per heavy atom. The van der Waals surface area contributed by atoms with E-state index in [1.807, 2.05) is 6.42 Å². The highest BCUT2D eigenvalue weighted by Crippen LogP contribution is 2.16. The average molecular weight is 137 g/mol. The van der Waals surface area contributed by atoms with Crippen molar-refractivity contribution in [2.75, 3.05) is 0 Å². The SMILES string of the molecule is C#C[CH]C(CC)CC(C)C. The van der Waals surface area contributed by atoms with Crippen LogP contribution < -0.4 is 0 Å². The third kappa shape index (κ3) is 4.44. The average Bonchev–Trinajstić information content (AvgIpc) is 1.86. The molecule has 1 atom stereocenters. The molecule has 57 valence electrons. The van der Waals surface area contributed by atoms with E-state index in [-0.39, 0.29) is 0 Å². The van der Waals surface area contributed by atoms with E-state index in [0.29, 0.717) is 5.92 Å². The first-order valence-electron chi connectivity index (χ1n) is 4.00. The van der Waals surface area contributed by atoms with Gasteiger partial charge in [0, 0.05) is 6.42 Å². The highest BCUT2D eigenvalue weighted by molar-refractivity contribution is 5.03. The maximum absolute atomic E-state index is 5.18. The maximum atomic E-state index is 5.18. The summed E-state index contributed by atoms with van der Waals surface area (Å²) in [5, 5.41) is 0. The molecular formula is C10H17. The number of hydrogen-bond acceptors (Lipinski definition) is 0. The standard InChI is InChI=1S/C10H17/c1-5-7-10(6-2)8-9(3)4/h1,7,9-10H,6,8H2,2-4H3. The lowest BCUT2D eigenvalue weighted by atomic mass is 9.92. The highest BCUT2D eigenvalue weighted by Gasteiger charge is 2.06. The molecule has 1 unspecified atom stereocenters. The van der Waals surface area contributed by atoms with Crippen LogP contribution in [0.25, 0.3) is 0 Å². The minimum atomic E-state index is 0.630. The lowest BCUT2D eigenvalue weighted by Gasteiger charge is -2.12. The molecule has 0 nitrogen and oxygen atoms in total. The molecule has 0 rings (SSSR count). The first kappa shape index (κ1) is 9.56. The molecule has 0 amide bonds. The second kappa shape index (κ2) is 5.35. The summed E-state index contributed by atoms with van der Waals surface area (Å²) in [6.45, 7) is 6.64. The van der Waals surface area contributed by atoms with Gasteiger partial charge in [0.05, 0.1) is 0 Å². The van der Waals surface area contributed by atoms with Gasteiger partial charge in [-0.25, -0.2) is 0 Å². The molecule has 0 saturated carbocycles. The molecule has 0 heteroatoms. The predicted molar refractivity (Wildman–Crippen MR) is 46.4 cm³/mol. The molecule has 0 N–H and O–H groups in total. The molecule has 0 aromatic heterocycles. The quantitative estimate of drug-likeness (QED) is 0.523. The van der Waals surface area contributed by atoms with Gasteiger partial charge in [-0.15, -0.1) is 12.3 Å². The second-order valence-corrected chi connectivity index (χ2v) is 3.13. The molecule has 10 heavy (non-hydrogen) atoms. The lowest BCUT2D eigenvalue weighted by Crippen LogP contribution is -2.02. The normalized spacial score (nSPS) is 13.1. The van der Waals surface area contributed by atoms with Gasteiger partial charge in [0.1, 0.15) is 0 Å². The Balaban J connectivity index is 3.52. The Hall–Kier alpha value is -0.440. The van der Waals surface area contributed by atoms with Crippen molar-refractivity contribution < 1.29 is 0 Å². The van der Waals surface area contributed by atoms with Crippen molar-refractivity contribution in [2.24, 2.45) is 11.8 Å². The molecule has 0 aliphatic heterocycles. The Labute approximate surface area is 65.0 Å². The van der Waals surface area contributed by atoms with Crippen LogP contribution in [0, 0.1) is 30.6 Å². The van der Waals surface area contributed by atoms with Crippen LogP contribution in [0.5, 0.6) is 0 Å². The molecule has 1 radical (unpaired) electrons.